The molecule has 1 N–H and O–H groups in total. The molecule has 0 aliphatic carbocycles. The van der Waals surface area contributed by atoms with E-state index in [4.69, 9.17) is 4.74 Å². The maximum absolute atomic E-state index is 11.9. The molecular formula is C18H32N2O4. The molecule has 0 saturated carbocycles. The Morgan fingerprint density at radius 2 is 1.83 bits per heavy atom. The molecule has 0 rings (SSSR count). The molecule has 24 heavy (non-hydrogen) atoms. The van der Waals surface area contributed by atoms with Crippen LogP contribution in [0.4, 0.5) is 0 Å². The van der Waals surface area contributed by atoms with Gasteiger partial charge in [-0.1, -0.05) is 20.8 Å². The summed E-state index contributed by atoms with van der Waals surface area (Å²) in [5.41, 5.74) is -0.337. The minimum absolute atomic E-state index is 0.114. The zero-order valence-corrected chi connectivity index (χ0v) is 15.8. The lowest BCUT2D eigenvalue weighted by molar-refractivity contribution is -0.126. The summed E-state index contributed by atoms with van der Waals surface area (Å²) in [6, 6.07) is 0. The Labute approximate surface area is 145 Å². The van der Waals surface area contributed by atoms with Gasteiger partial charge >= 0.3 is 0 Å². The number of nitrogens with zero attached hydrogens (tertiary/aromatic N) is 1. The van der Waals surface area contributed by atoms with Crippen molar-refractivity contribution < 1.29 is 19.1 Å². The molecule has 0 bridgehead atoms. The number of amides is 2. The Balaban J connectivity index is 4.17. The Morgan fingerprint density at radius 3 is 2.38 bits per heavy atom. The second-order valence-electron chi connectivity index (χ2n) is 7.35. The van der Waals surface area contributed by atoms with Gasteiger partial charge in [-0.3, -0.25) is 14.4 Å². The highest BCUT2D eigenvalue weighted by atomic mass is 16.5. The van der Waals surface area contributed by atoms with Crippen molar-refractivity contribution in [2.45, 2.75) is 53.1 Å². The molecule has 0 unspecified atom stereocenters. The lowest BCUT2D eigenvalue weighted by Crippen LogP contribution is -2.40. The number of nitrogens with one attached hydrogen (secondary N) is 1. The van der Waals surface area contributed by atoms with Gasteiger partial charge in [0.15, 0.2) is 0 Å². The number of carbonyl (C=O) groups excluding carboxylic acids is 3. The van der Waals surface area contributed by atoms with Crippen LogP contribution in [0.5, 0.6) is 0 Å². The van der Waals surface area contributed by atoms with Gasteiger partial charge < -0.3 is 15.0 Å². The molecule has 6 heteroatoms. The third-order valence-electron chi connectivity index (χ3n) is 3.84. The minimum atomic E-state index is -0.301. The third kappa shape index (κ3) is 10.2. The maximum Gasteiger partial charge on any atom is 0.246 e. The van der Waals surface area contributed by atoms with E-state index in [1.807, 2.05) is 27.7 Å². The maximum atomic E-state index is 11.9. The van der Waals surface area contributed by atoms with Crippen molar-refractivity contribution in [2.24, 2.45) is 5.41 Å². The lowest BCUT2D eigenvalue weighted by atomic mass is 9.94. The summed E-state index contributed by atoms with van der Waals surface area (Å²) in [6.07, 6.45) is 4.01. The summed E-state index contributed by atoms with van der Waals surface area (Å²) in [5, 5.41) is 2.88. The van der Waals surface area contributed by atoms with Crippen molar-refractivity contribution in [1.29, 1.82) is 0 Å². The van der Waals surface area contributed by atoms with Crippen molar-refractivity contribution in [2.75, 3.05) is 26.7 Å². The van der Waals surface area contributed by atoms with Crippen LogP contribution in [-0.2, 0) is 19.1 Å². The minimum Gasteiger partial charge on any atom is -0.375 e. The molecule has 0 aromatic heterocycles. The third-order valence-corrected chi connectivity index (χ3v) is 3.84. The van der Waals surface area contributed by atoms with E-state index in [1.54, 1.807) is 7.05 Å². The molecule has 0 fully saturated rings. The predicted molar refractivity (Wildman–Crippen MR) is 94.6 cm³/mol. The molecule has 0 radical (unpaired) electrons. The number of rotatable bonds is 11. The van der Waals surface area contributed by atoms with Gasteiger partial charge in [0.1, 0.15) is 6.29 Å². The summed E-state index contributed by atoms with van der Waals surface area (Å²) in [6.45, 7) is 11.6. The smallest absolute Gasteiger partial charge is 0.246 e. The van der Waals surface area contributed by atoms with Crippen LogP contribution >= 0.6 is 0 Å². The number of likely N-dealkylation sites (N-methyl/N-ethyl adjacent to an activating group) is 1. The van der Waals surface area contributed by atoms with E-state index < -0.39 is 0 Å². The lowest BCUT2D eigenvalue weighted by Gasteiger charge is -2.31. The van der Waals surface area contributed by atoms with Crippen LogP contribution in [0.2, 0.25) is 0 Å². The van der Waals surface area contributed by atoms with Gasteiger partial charge in [0.2, 0.25) is 11.8 Å². The van der Waals surface area contributed by atoms with Gasteiger partial charge in [0, 0.05) is 38.0 Å². The largest absolute Gasteiger partial charge is 0.375 e. The second-order valence-corrected chi connectivity index (χ2v) is 7.35. The average molecular weight is 340 g/mol. The fourth-order valence-electron chi connectivity index (χ4n) is 1.60. The molecule has 0 aromatic carbocycles. The first kappa shape index (κ1) is 22.3. The van der Waals surface area contributed by atoms with Gasteiger partial charge in [0.25, 0.3) is 0 Å². The first-order valence-corrected chi connectivity index (χ1v) is 8.30. The van der Waals surface area contributed by atoms with Crippen LogP contribution in [0.1, 0.15) is 47.5 Å². The SMILES string of the molecule is CCC(C)(C)OCC(C)(C)CNC(=O)CCN(C)C(=O)/C=C\C=O. The van der Waals surface area contributed by atoms with Crippen molar-refractivity contribution in [3.63, 3.8) is 0 Å². The summed E-state index contributed by atoms with van der Waals surface area (Å²) >= 11 is 0. The quantitative estimate of drug-likeness (QED) is 0.461. The van der Waals surface area contributed by atoms with E-state index in [0.717, 1.165) is 12.5 Å². The first-order valence-electron chi connectivity index (χ1n) is 8.30. The fourth-order valence-corrected chi connectivity index (χ4v) is 1.60. The molecule has 0 atom stereocenters. The van der Waals surface area contributed by atoms with Crippen LogP contribution in [0, 0.1) is 5.41 Å². The molecule has 0 aliphatic rings. The molecule has 0 aromatic rings. The summed E-state index contributed by atoms with van der Waals surface area (Å²) < 4.78 is 5.90. The van der Waals surface area contributed by atoms with Crippen molar-refractivity contribution >= 4 is 18.1 Å². The molecule has 0 heterocycles. The van der Waals surface area contributed by atoms with Gasteiger partial charge in [-0.2, -0.15) is 0 Å². The van der Waals surface area contributed by atoms with E-state index in [0.29, 0.717) is 26.0 Å². The molecule has 2 amide bonds. The zero-order valence-electron chi connectivity index (χ0n) is 15.8. The molecule has 138 valence electrons. The van der Waals surface area contributed by atoms with E-state index in [2.05, 4.69) is 12.2 Å². The highest BCUT2D eigenvalue weighted by Crippen LogP contribution is 2.21. The van der Waals surface area contributed by atoms with E-state index in [-0.39, 0.29) is 29.3 Å². The van der Waals surface area contributed by atoms with Gasteiger partial charge in [-0.05, 0) is 26.3 Å². The van der Waals surface area contributed by atoms with Gasteiger partial charge in [-0.25, -0.2) is 0 Å². The van der Waals surface area contributed by atoms with E-state index in [1.165, 1.54) is 11.0 Å². The standard InChI is InChI=1S/C18H32N2O4/c1-7-18(4,5)24-14-17(2,3)13-19-15(22)10-11-20(6)16(23)9-8-12-21/h8-9,12H,7,10-11,13-14H2,1-6H3,(H,19,22)/b9-8-. The topological polar surface area (TPSA) is 75.7 Å². The Kier molecular flexibility index (Phi) is 9.51. The Hall–Kier alpha value is -1.69. The average Bonchev–Trinajstić information content (AvgIpc) is 2.54. The number of allylic oxidation sites excluding steroid dienone is 1. The Bertz CT molecular complexity index is 456. The van der Waals surface area contributed by atoms with Gasteiger partial charge in [-0.15, -0.1) is 0 Å². The van der Waals surface area contributed by atoms with Crippen LogP contribution in [0.25, 0.3) is 0 Å². The number of aldehydes is 1. The van der Waals surface area contributed by atoms with Gasteiger partial charge in [0.05, 0.1) is 12.2 Å². The van der Waals surface area contributed by atoms with Crippen LogP contribution in [0.3, 0.4) is 0 Å². The normalized spacial score (nSPS) is 12.2. The highest BCUT2D eigenvalue weighted by molar-refractivity contribution is 5.91. The summed E-state index contributed by atoms with van der Waals surface area (Å²) in [7, 11) is 1.59. The van der Waals surface area contributed by atoms with Crippen molar-refractivity contribution in [1.82, 2.24) is 10.2 Å². The first-order chi connectivity index (χ1) is 11.0. The van der Waals surface area contributed by atoms with Crippen LogP contribution in [0.15, 0.2) is 12.2 Å². The highest BCUT2D eigenvalue weighted by Gasteiger charge is 2.24. The Morgan fingerprint density at radius 1 is 1.21 bits per heavy atom. The van der Waals surface area contributed by atoms with E-state index >= 15 is 0 Å². The number of ether oxygens (including phenoxy) is 1. The fraction of sp³-hybridized carbons (Fsp3) is 0.722. The molecular weight excluding hydrogens is 308 g/mol. The second kappa shape index (κ2) is 10.2. The molecule has 0 spiro atoms. The molecule has 0 aliphatic heterocycles. The molecule has 6 nitrogen and oxygen atoms in total. The monoisotopic (exact) mass is 340 g/mol. The zero-order chi connectivity index (χ0) is 18.8. The van der Waals surface area contributed by atoms with E-state index in [9.17, 15) is 14.4 Å². The van der Waals surface area contributed by atoms with Crippen LogP contribution < -0.4 is 5.32 Å². The molecule has 0 saturated heterocycles. The summed E-state index contributed by atoms with van der Waals surface area (Å²) in [4.78, 5) is 35.1. The van der Waals surface area contributed by atoms with Crippen molar-refractivity contribution in [3.8, 4) is 0 Å². The number of hydrogen-bond donors (Lipinski definition) is 1. The van der Waals surface area contributed by atoms with Crippen LogP contribution in [-0.4, -0.2) is 55.3 Å². The number of hydrogen-bond acceptors (Lipinski definition) is 4. The predicted octanol–water partition coefficient (Wildman–Crippen LogP) is 1.94. The van der Waals surface area contributed by atoms with Crippen molar-refractivity contribution in [3.05, 3.63) is 12.2 Å². The summed E-state index contributed by atoms with van der Waals surface area (Å²) in [5.74, 6) is -0.415. The number of carbonyl (C=O) groups is 3.